The molecule has 102 valence electrons. The van der Waals surface area contributed by atoms with Crippen LogP contribution < -0.4 is 5.73 Å². The van der Waals surface area contributed by atoms with Gasteiger partial charge in [0.05, 0.1) is 0 Å². The van der Waals surface area contributed by atoms with Gasteiger partial charge in [-0.05, 0) is 43.1 Å². The first kappa shape index (κ1) is 15.0. The van der Waals surface area contributed by atoms with Crippen LogP contribution in [-0.4, -0.2) is 29.6 Å². The normalized spacial score (nSPS) is 13.9. The van der Waals surface area contributed by atoms with Crippen LogP contribution in [0.25, 0.3) is 0 Å². The predicted molar refractivity (Wildman–Crippen MR) is 76.6 cm³/mol. The van der Waals surface area contributed by atoms with E-state index in [0.29, 0.717) is 18.3 Å². The van der Waals surface area contributed by atoms with E-state index in [1.54, 1.807) is 12.1 Å². The molecule has 0 saturated heterocycles. The van der Waals surface area contributed by atoms with Gasteiger partial charge < -0.3 is 10.8 Å². The van der Waals surface area contributed by atoms with Crippen LogP contribution in [0.3, 0.4) is 0 Å². The van der Waals surface area contributed by atoms with Crippen molar-refractivity contribution in [3.8, 4) is 5.75 Å². The van der Waals surface area contributed by atoms with Crippen molar-refractivity contribution in [1.82, 2.24) is 4.90 Å². The number of nitrogens with two attached hydrogens (primary N) is 1. The molecule has 18 heavy (non-hydrogen) atoms. The summed E-state index contributed by atoms with van der Waals surface area (Å²) in [5, 5.41) is 9.33. The van der Waals surface area contributed by atoms with Crippen LogP contribution >= 0.6 is 0 Å². The molecule has 0 aromatic heterocycles. The summed E-state index contributed by atoms with van der Waals surface area (Å²) in [5.74, 6) is 0.316. The van der Waals surface area contributed by atoms with Crippen molar-refractivity contribution in [2.45, 2.75) is 33.7 Å². The number of benzene rings is 1. The molecule has 1 aromatic carbocycles. The summed E-state index contributed by atoms with van der Waals surface area (Å²) in [7, 11) is 0. The minimum atomic E-state index is 0.126. The average molecular weight is 250 g/mol. The molecule has 1 aromatic rings. The highest BCUT2D eigenvalue weighted by atomic mass is 16.3. The zero-order valence-electron chi connectivity index (χ0n) is 12.0. The van der Waals surface area contributed by atoms with Gasteiger partial charge in [0.15, 0.2) is 0 Å². The Balaban J connectivity index is 2.79. The third-order valence-electron chi connectivity index (χ3n) is 3.51. The molecule has 0 heterocycles. The van der Waals surface area contributed by atoms with E-state index in [0.717, 1.165) is 13.1 Å². The zero-order valence-corrected chi connectivity index (χ0v) is 12.0. The number of nitrogens with zero attached hydrogens (tertiary/aromatic N) is 1. The molecule has 0 amide bonds. The molecule has 0 spiro atoms. The molecule has 0 aliphatic heterocycles. The molecular formula is C15H26N2O. The minimum Gasteiger partial charge on any atom is -0.508 e. The molecule has 1 atom stereocenters. The monoisotopic (exact) mass is 250 g/mol. The average Bonchev–Trinajstić information content (AvgIpc) is 2.36. The third-order valence-corrected chi connectivity index (χ3v) is 3.51. The maximum atomic E-state index is 9.33. The molecule has 0 aliphatic rings. The van der Waals surface area contributed by atoms with Gasteiger partial charge in [0.25, 0.3) is 0 Å². The lowest BCUT2D eigenvalue weighted by molar-refractivity contribution is 0.148. The fourth-order valence-corrected chi connectivity index (χ4v) is 2.10. The Bertz CT molecular complexity index is 359. The van der Waals surface area contributed by atoms with E-state index in [1.165, 1.54) is 5.56 Å². The first-order chi connectivity index (χ1) is 8.39. The van der Waals surface area contributed by atoms with Gasteiger partial charge >= 0.3 is 0 Å². The molecule has 0 fully saturated rings. The molecule has 3 heteroatoms. The van der Waals surface area contributed by atoms with Crippen LogP contribution in [0, 0.1) is 5.41 Å². The lowest BCUT2D eigenvalue weighted by Crippen LogP contribution is -2.39. The zero-order chi connectivity index (χ0) is 13.8. The number of rotatable bonds is 6. The number of hydrogen-bond donors (Lipinski definition) is 2. The van der Waals surface area contributed by atoms with E-state index in [9.17, 15) is 5.11 Å². The molecule has 1 rings (SSSR count). The van der Waals surface area contributed by atoms with Gasteiger partial charge in [0, 0.05) is 12.6 Å². The lowest BCUT2D eigenvalue weighted by atomic mass is 9.92. The van der Waals surface area contributed by atoms with Crippen molar-refractivity contribution >= 4 is 0 Å². The molecule has 0 bridgehead atoms. The molecule has 0 aliphatic carbocycles. The van der Waals surface area contributed by atoms with Gasteiger partial charge in [-0.3, -0.25) is 4.90 Å². The summed E-state index contributed by atoms with van der Waals surface area (Å²) >= 11 is 0. The first-order valence-corrected chi connectivity index (χ1v) is 6.62. The Morgan fingerprint density at radius 1 is 1.28 bits per heavy atom. The molecule has 0 radical (unpaired) electrons. The van der Waals surface area contributed by atoms with Crippen LogP contribution in [0.4, 0.5) is 0 Å². The Morgan fingerprint density at radius 2 is 1.83 bits per heavy atom. The van der Waals surface area contributed by atoms with Gasteiger partial charge in [0.2, 0.25) is 0 Å². The standard InChI is InChI=1S/C15H26N2O/c1-5-17(11-15(3,4)10-16)12(2)13-6-8-14(18)9-7-13/h6-9,12,18H,5,10-11,16H2,1-4H3. The van der Waals surface area contributed by atoms with Crippen molar-refractivity contribution in [2.24, 2.45) is 11.1 Å². The summed E-state index contributed by atoms with van der Waals surface area (Å²) in [6.45, 7) is 11.4. The third kappa shape index (κ3) is 4.00. The quantitative estimate of drug-likeness (QED) is 0.816. The Morgan fingerprint density at radius 3 is 2.28 bits per heavy atom. The first-order valence-electron chi connectivity index (χ1n) is 6.62. The Kier molecular flexibility index (Phi) is 5.17. The highest BCUT2D eigenvalue weighted by Gasteiger charge is 2.23. The summed E-state index contributed by atoms with van der Waals surface area (Å²) in [4.78, 5) is 2.42. The second kappa shape index (κ2) is 6.21. The Labute approximate surface area is 111 Å². The van der Waals surface area contributed by atoms with Crippen molar-refractivity contribution in [3.63, 3.8) is 0 Å². The van der Waals surface area contributed by atoms with E-state index in [2.05, 4.69) is 32.6 Å². The van der Waals surface area contributed by atoms with E-state index in [-0.39, 0.29) is 5.41 Å². The van der Waals surface area contributed by atoms with Gasteiger partial charge in [0.1, 0.15) is 5.75 Å². The van der Waals surface area contributed by atoms with Crippen LogP contribution in [0.15, 0.2) is 24.3 Å². The SMILES string of the molecule is CCN(CC(C)(C)CN)C(C)c1ccc(O)cc1. The summed E-state index contributed by atoms with van der Waals surface area (Å²) in [6, 6.07) is 7.79. The van der Waals surface area contributed by atoms with Gasteiger partial charge in [-0.15, -0.1) is 0 Å². The fraction of sp³-hybridized carbons (Fsp3) is 0.600. The summed E-state index contributed by atoms with van der Waals surface area (Å²) in [6.07, 6.45) is 0. The van der Waals surface area contributed by atoms with Crippen LogP contribution in [-0.2, 0) is 0 Å². The van der Waals surface area contributed by atoms with Crippen molar-refractivity contribution in [1.29, 1.82) is 0 Å². The number of hydrogen-bond acceptors (Lipinski definition) is 3. The second-order valence-corrected chi connectivity index (χ2v) is 5.70. The maximum Gasteiger partial charge on any atom is 0.115 e. The van der Waals surface area contributed by atoms with Crippen molar-refractivity contribution in [3.05, 3.63) is 29.8 Å². The van der Waals surface area contributed by atoms with Crippen LogP contribution in [0.2, 0.25) is 0 Å². The molecular weight excluding hydrogens is 224 g/mol. The molecule has 3 nitrogen and oxygen atoms in total. The minimum absolute atomic E-state index is 0.126. The van der Waals surface area contributed by atoms with E-state index < -0.39 is 0 Å². The second-order valence-electron chi connectivity index (χ2n) is 5.70. The van der Waals surface area contributed by atoms with Crippen LogP contribution in [0.5, 0.6) is 5.75 Å². The highest BCUT2D eigenvalue weighted by Crippen LogP contribution is 2.25. The smallest absolute Gasteiger partial charge is 0.115 e. The van der Waals surface area contributed by atoms with E-state index in [1.807, 2.05) is 12.1 Å². The highest BCUT2D eigenvalue weighted by molar-refractivity contribution is 5.27. The lowest BCUT2D eigenvalue weighted by Gasteiger charge is -2.35. The van der Waals surface area contributed by atoms with Crippen LogP contribution in [0.1, 0.15) is 39.3 Å². The number of phenols is 1. The fourth-order valence-electron chi connectivity index (χ4n) is 2.10. The predicted octanol–water partition coefficient (Wildman–Crippen LogP) is 2.76. The summed E-state index contributed by atoms with van der Waals surface area (Å²) in [5.41, 5.74) is 7.16. The topological polar surface area (TPSA) is 49.5 Å². The van der Waals surface area contributed by atoms with Crippen molar-refractivity contribution in [2.75, 3.05) is 19.6 Å². The molecule has 1 unspecified atom stereocenters. The van der Waals surface area contributed by atoms with Crippen molar-refractivity contribution < 1.29 is 5.11 Å². The van der Waals surface area contributed by atoms with Gasteiger partial charge in [-0.1, -0.05) is 32.9 Å². The van der Waals surface area contributed by atoms with Gasteiger partial charge in [-0.2, -0.15) is 0 Å². The Hall–Kier alpha value is -1.06. The molecule has 0 saturated carbocycles. The van der Waals surface area contributed by atoms with E-state index in [4.69, 9.17) is 5.73 Å². The van der Waals surface area contributed by atoms with Gasteiger partial charge in [-0.25, -0.2) is 0 Å². The largest absolute Gasteiger partial charge is 0.508 e. The number of phenolic OH excluding ortho intramolecular Hbond substituents is 1. The molecule has 3 N–H and O–H groups in total. The van der Waals surface area contributed by atoms with E-state index >= 15 is 0 Å². The maximum absolute atomic E-state index is 9.33. The number of aromatic hydroxyl groups is 1. The summed E-state index contributed by atoms with van der Waals surface area (Å²) < 4.78 is 0.